The van der Waals surface area contributed by atoms with E-state index in [-0.39, 0.29) is 12.0 Å². The molecule has 1 aromatic rings. The molecule has 0 heterocycles. The molecule has 3 nitrogen and oxygen atoms in total. The normalized spacial score (nSPS) is 10.8. The first-order valence-corrected chi connectivity index (χ1v) is 4.22. The summed E-state index contributed by atoms with van der Waals surface area (Å²) in [6, 6.07) is 0. The summed E-state index contributed by atoms with van der Waals surface area (Å²) in [5, 5.41) is 10.9. The molecule has 0 aliphatic rings. The first kappa shape index (κ1) is 12.2. The van der Waals surface area contributed by atoms with Gasteiger partial charge in [0.05, 0.1) is 16.9 Å². The van der Waals surface area contributed by atoms with Crippen molar-refractivity contribution in [3.8, 4) is 0 Å². The van der Waals surface area contributed by atoms with E-state index in [0.29, 0.717) is 0 Å². The summed E-state index contributed by atoms with van der Waals surface area (Å²) >= 11 is 0.0168. The minimum atomic E-state index is -1.96. The second-order valence-electron chi connectivity index (χ2n) is 2.44. The van der Waals surface area contributed by atoms with Crippen LogP contribution in [0, 0.1) is 30.2 Å². The molecule has 0 saturated carbocycles. The fourth-order valence-corrected chi connectivity index (χ4v) is 1.35. The average molecular weight is 244 g/mol. The third-order valence-electron chi connectivity index (χ3n) is 1.60. The zero-order valence-electron chi connectivity index (χ0n) is 7.18. The molecular formula is C7H4F4O3S. The molecule has 0 aromatic heterocycles. The highest BCUT2D eigenvalue weighted by Gasteiger charge is 2.23. The molecule has 15 heavy (non-hydrogen) atoms. The Kier molecular flexibility index (Phi) is 3.91. The van der Waals surface area contributed by atoms with Crippen LogP contribution in [0.25, 0.3) is 0 Å². The molecule has 0 aliphatic heterocycles. The minimum Gasteiger partial charge on any atom is -0.220 e. The van der Waals surface area contributed by atoms with E-state index in [0.717, 1.165) is 6.92 Å². The smallest absolute Gasteiger partial charge is 0.198 e. The molecule has 0 saturated heterocycles. The Morgan fingerprint density at radius 2 is 1.53 bits per heavy atom. The minimum absolute atomic E-state index is 0.0168. The number of benzene rings is 1. The maximum Gasteiger partial charge on any atom is 0.198 e. The van der Waals surface area contributed by atoms with E-state index >= 15 is 0 Å². The molecule has 1 N–H and O–H groups in total. The second-order valence-corrected chi connectivity index (χ2v) is 3.15. The van der Waals surface area contributed by atoms with Crippen molar-refractivity contribution in [3.05, 3.63) is 28.8 Å². The molecule has 0 fully saturated rings. The summed E-state index contributed by atoms with van der Waals surface area (Å²) in [4.78, 5) is -0.652. The van der Waals surface area contributed by atoms with Gasteiger partial charge in [0.25, 0.3) is 0 Å². The first-order chi connectivity index (χ1) is 7.00. The largest absolute Gasteiger partial charge is 0.220 e. The van der Waals surface area contributed by atoms with Crippen LogP contribution in [0.1, 0.15) is 5.56 Å². The quantitative estimate of drug-likeness (QED) is 0.221. The van der Waals surface area contributed by atoms with Gasteiger partial charge in [-0.1, -0.05) is 5.04 Å². The van der Waals surface area contributed by atoms with E-state index in [1.54, 1.807) is 0 Å². The third kappa shape index (κ3) is 2.23. The molecule has 0 atom stereocenters. The molecule has 0 unspecified atom stereocenters. The molecule has 8 heteroatoms. The van der Waals surface area contributed by atoms with Crippen molar-refractivity contribution in [3.63, 3.8) is 0 Å². The summed E-state index contributed by atoms with van der Waals surface area (Å²) in [5.74, 6) is -7.01. The van der Waals surface area contributed by atoms with Gasteiger partial charge in [0, 0.05) is 5.56 Å². The van der Waals surface area contributed by atoms with Crippen molar-refractivity contribution in [2.45, 2.75) is 11.8 Å². The van der Waals surface area contributed by atoms with Crippen LogP contribution in [0.4, 0.5) is 17.6 Å². The van der Waals surface area contributed by atoms with E-state index in [1.165, 1.54) is 0 Å². The molecule has 0 radical (unpaired) electrons. The van der Waals surface area contributed by atoms with Crippen LogP contribution in [-0.2, 0) is 9.37 Å². The van der Waals surface area contributed by atoms with Gasteiger partial charge in [0.2, 0.25) is 0 Å². The van der Waals surface area contributed by atoms with Gasteiger partial charge in [-0.05, 0) is 6.92 Å². The van der Waals surface area contributed by atoms with Gasteiger partial charge >= 0.3 is 0 Å². The number of halogens is 4. The van der Waals surface area contributed by atoms with Crippen molar-refractivity contribution in [2.24, 2.45) is 0 Å². The van der Waals surface area contributed by atoms with Crippen LogP contribution in [0.2, 0.25) is 0 Å². The fraction of sp³-hybridized carbons (Fsp3) is 0.143. The van der Waals surface area contributed by atoms with Gasteiger partial charge in [0.15, 0.2) is 23.3 Å². The molecule has 1 aromatic carbocycles. The summed E-state index contributed by atoms with van der Waals surface area (Å²) in [7, 11) is 0. The summed E-state index contributed by atoms with van der Waals surface area (Å²) in [5.41, 5.74) is -0.492. The molecule has 0 spiro atoms. The highest BCUT2D eigenvalue weighted by atomic mass is 32.2. The van der Waals surface area contributed by atoms with Gasteiger partial charge in [-0.25, -0.2) is 22.8 Å². The van der Waals surface area contributed by atoms with E-state index < -0.39 is 33.7 Å². The van der Waals surface area contributed by atoms with E-state index in [1.807, 2.05) is 0 Å². The summed E-state index contributed by atoms with van der Waals surface area (Å²) < 4.78 is 55.1. The Morgan fingerprint density at radius 3 is 2.07 bits per heavy atom. The van der Waals surface area contributed by atoms with Crippen LogP contribution in [0.15, 0.2) is 4.90 Å². The van der Waals surface area contributed by atoms with E-state index in [2.05, 4.69) is 9.37 Å². The third-order valence-corrected chi connectivity index (χ3v) is 2.38. The van der Waals surface area contributed by atoms with Crippen LogP contribution in [0.5, 0.6) is 0 Å². The first-order valence-electron chi connectivity index (χ1n) is 3.48. The monoisotopic (exact) mass is 244 g/mol. The Hall–Kier alpha value is -0.830. The SMILES string of the molecule is Cc1c(F)c(F)c(F)c(F)c1SOOO. The molecule has 0 aliphatic carbocycles. The lowest BCUT2D eigenvalue weighted by molar-refractivity contribution is -0.432. The molecule has 1 rings (SSSR count). The van der Waals surface area contributed by atoms with Gasteiger partial charge in [-0.15, -0.1) is 4.33 Å². The molecular weight excluding hydrogens is 240 g/mol. The number of rotatable bonds is 3. The average Bonchev–Trinajstić information content (AvgIpc) is 2.24. The van der Waals surface area contributed by atoms with Crippen LogP contribution in [0.3, 0.4) is 0 Å². The Labute approximate surface area is 85.7 Å². The topological polar surface area (TPSA) is 38.7 Å². The van der Waals surface area contributed by atoms with Crippen LogP contribution < -0.4 is 0 Å². The zero-order valence-corrected chi connectivity index (χ0v) is 8.00. The van der Waals surface area contributed by atoms with E-state index in [4.69, 9.17) is 5.26 Å². The lowest BCUT2D eigenvalue weighted by Gasteiger charge is -2.07. The van der Waals surface area contributed by atoms with E-state index in [9.17, 15) is 17.6 Å². The van der Waals surface area contributed by atoms with Gasteiger partial charge in [-0.3, -0.25) is 0 Å². The second kappa shape index (κ2) is 4.79. The van der Waals surface area contributed by atoms with Crippen molar-refractivity contribution in [2.75, 3.05) is 0 Å². The van der Waals surface area contributed by atoms with Crippen molar-refractivity contribution < 1.29 is 32.2 Å². The lowest BCUT2D eigenvalue weighted by Crippen LogP contribution is -2.02. The number of hydrogen-bond donors (Lipinski definition) is 1. The van der Waals surface area contributed by atoms with Gasteiger partial charge in [0.1, 0.15) is 0 Å². The van der Waals surface area contributed by atoms with Crippen LogP contribution in [-0.4, -0.2) is 5.26 Å². The van der Waals surface area contributed by atoms with Crippen molar-refractivity contribution >= 4 is 12.0 Å². The number of hydrogen-bond acceptors (Lipinski definition) is 4. The Morgan fingerprint density at radius 1 is 1.00 bits per heavy atom. The van der Waals surface area contributed by atoms with Crippen LogP contribution >= 0.6 is 12.0 Å². The van der Waals surface area contributed by atoms with Gasteiger partial charge in [-0.2, -0.15) is 0 Å². The summed E-state index contributed by atoms with van der Waals surface area (Å²) in [6.07, 6.45) is 0. The Bertz CT molecular complexity index is 356. The van der Waals surface area contributed by atoms with Crippen molar-refractivity contribution in [1.82, 2.24) is 0 Å². The summed E-state index contributed by atoms with van der Waals surface area (Å²) in [6.45, 7) is 1.02. The predicted octanol–water partition coefficient (Wildman–Crippen LogP) is 2.98. The maximum absolute atomic E-state index is 13.0. The molecule has 84 valence electrons. The zero-order chi connectivity index (χ0) is 11.6. The maximum atomic E-state index is 13.0. The lowest BCUT2D eigenvalue weighted by atomic mass is 10.2. The Balaban J connectivity index is 3.26. The van der Waals surface area contributed by atoms with Crippen molar-refractivity contribution in [1.29, 1.82) is 0 Å². The highest BCUT2D eigenvalue weighted by Crippen LogP contribution is 2.31. The fourth-order valence-electron chi connectivity index (χ4n) is 0.870. The van der Waals surface area contributed by atoms with Gasteiger partial charge < -0.3 is 0 Å². The standard InChI is InChI=1S/C7H4F4O3S/c1-2-3(8)4(9)5(10)6(11)7(2)15-14-13-12/h12H,1H3. The predicted molar refractivity (Wildman–Crippen MR) is 41.7 cm³/mol. The highest BCUT2D eigenvalue weighted by molar-refractivity contribution is 7.94. The molecule has 0 bridgehead atoms. The molecule has 0 amide bonds.